The van der Waals surface area contributed by atoms with Gasteiger partial charge < -0.3 is 31.5 Å². The molecular weight excluding hydrogens is 608 g/mol. The Morgan fingerprint density at radius 3 is 2.28 bits per heavy atom. The van der Waals surface area contributed by atoms with Crippen LogP contribution >= 0.6 is 11.8 Å². The highest BCUT2D eigenvalue weighted by molar-refractivity contribution is 7.98. The Labute approximate surface area is 276 Å². The first-order valence-corrected chi connectivity index (χ1v) is 17.5. The number of carbonyl (C=O) groups excluding carboxylic acids is 6. The van der Waals surface area contributed by atoms with E-state index in [-0.39, 0.29) is 31.2 Å². The summed E-state index contributed by atoms with van der Waals surface area (Å²) in [6, 6.07) is 3.95. The highest BCUT2D eigenvalue weighted by Gasteiger charge is 2.44. The van der Waals surface area contributed by atoms with Crippen LogP contribution in [-0.2, 0) is 28.8 Å². The van der Waals surface area contributed by atoms with E-state index in [1.165, 1.54) is 16.7 Å². The Morgan fingerprint density at radius 1 is 0.957 bits per heavy atom. The number of carbonyl (C=O) groups is 6. The van der Waals surface area contributed by atoms with Crippen molar-refractivity contribution in [1.29, 1.82) is 0 Å². The van der Waals surface area contributed by atoms with Crippen molar-refractivity contribution in [3.8, 4) is 0 Å². The van der Waals surface area contributed by atoms with Crippen molar-refractivity contribution in [1.82, 2.24) is 31.5 Å². The number of hydrogen-bond acceptors (Lipinski definition) is 7. The molecule has 0 saturated carbocycles. The predicted molar refractivity (Wildman–Crippen MR) is 177 cm³/mol. The zero-order valence-electron chi connectivity index (χ0n) is 27.8. The first-order chi connectivity index (χ1) is 21.8. The van der Waals surface area contributed by atoms with Gasteiger partial charge in [0.1, 0.15) is 24.2 Å². The molecule has 13 heteroatoms. The first kappa shape index (κ1) is 36.9. The van der Waals surface area contributed by atoms with Crippen LogP contribution in [0.3, 0.4) is 0 Å². The minimum absolute atomic E-state index is 0.0761. The molecule has 5 N–H and O–H groups in total. The van der Waals surface area contributed by atoms with E-state index in [9.17, 15) is 28.8 Å². The first-order valence-electron chi connectivity index (χ1n) is 16.1. The van der Waals surface area contributed by atoms with Gasteiger partial charge in [0, 0.05) is 19.0 Å². The molecule has 1 aromatic rings. The maximum Gasteiger partial charge on any atom is 0.246 e. The van der Waals surface area contributed by atoms with E-state index < -0.39 is 65.8 Å². The number of hydrogen-bond donors (Lipinski definition) is 5. The molecule has 0 aromatic heterocycles. The Kier molecular flexibility index (Phi) is 13.9. The zero-order valence-corrected chi connectivity index (χ0v) is 28.6. The molecule has 0 spiro atoms. The molecule has 12 nitrogen and oxygen atoms in total. The van der Waals surface area contributed by atoms with Crippen LogP contribution < -0.4 is 26.6 Å². The number of amides is 6. The molecule has 0 unspecified atom stereocenters. The fourth-order valence-electron chi connectivity index (χ4n) is 5.65. The lowest BCUT2D eigenvalue weighted by Crippen LogP contribution is -2.59. The summed E-state index contributed by atoms with van der Waals surface area (Å²) in [4.78, 5) is 82.2. The molecule has 2 fully saturated rings. The third kappa shape index (κ3) is 10.5. The second kappa shape index (κ2) is 17.3. The molecule has 2 saturated heterocycles. The average Bonchev–Trinajstić information content (AvgIpc) is 3.43. The molecule has 2 heterocycles. The van der Waals surface area contributed by atoms with E-state index in [2.05, 4.69) is 26.6 Å². The van der Waals surface area contributed by atoms with Crippen molar-refractivity contribution < 1.29 is 28.8 Å². The van der Waals surface area contributed by atoms with E-state index >= 15 is 0 Å². The highest BCUT2D eigenvalue weighted by atomic mass is 32.2. The quantitative estimate of drug-likeness (QED) is 0.269. The third-order valence-corrected chi connectivity index (χ3v) is 9.00. The normalized spacial score (nSPS) is 26.7. The van der Waals surface area contributed by atoms with Crippen molar-refractivity contribution in [2.45, 2.75) is 103 Å². The van der Waals surface area contributed by atoms with E-state index in [4.69, 9.17) is 0 Å². The lowest BCUT2D eigenvalue weighted by Gasteiger charge is -2.32. The molecule has 0 aliphatic carbocycles. The SMILES string of the molecule is CSCC[C@@H]1NC(=O)C[C@@H](c2ccccc2)NC(=O)[C@H](C)NC(=O)[C@@H]2C[C@H](NC(=O)CCC(C)C)CN2C(=O)[C@H](C(C)C)NC1=O. The molecule has 0 bridgehead atoms. The lowest BCUT2D eigenvalue weighted by atomic mass is 10.0. The molecule has 46 heavy (non-hydrogen) atoms. The van der Waals surface area contributed by atoms with Gasteiger partial charge in [0.05, 0.1) is 12.5 Å². The summed E-state index contributed by atoms with van der Waals surface area (Å²) < 4.78 is 0. The maximum atomic E-state index is 14.1. The Bertz CT molecular complexity index is 1240. The number of rotatable bonds is 9. The van der Waals surface area contributed by atoms with Crippen LogP contribution in [0.2, 0.25) is 0 Å². The summed E-state index contributed by atoms with van der Waals surface area (Å²) in [5, 5.41) is 14.3. The zero-order chi connectivity index (χ0) is 34.0. The summed E-state index contributed by atoms with van der Waals surface area (Å²) in [5.74, 6) is -2.04. The van der Waals surface area contributed by atoms with Crippen LogP contribution in [0.5, 0.6) is 0 Å². The monoisotopic (exact) mass is 658 g/mol. The largest absolute Gasteiger partial charge is 0.351 e. The van der Waals surface area contributed by atoms with Crippen molar-refractivity contribution >= 4 is 47.2 Å². The van der Waals surface area contributed by atoms with Gasteiger partial charge in [-0.15, -0.1) is 0 Å². The second-order valence-electron chi connectivity index (χ2n) is 13.0. The van der Waals surface area contributed by atoms with Gasteiger partial charge in [0.15, 0.2) is 0 Å². The highest BCUT2D eigenvalue weighted by Crippen LogP contribution is 2.23. The van der Waals surface area contributed by atoms with Crippen molar-refractivity contribution in [2.24, 2.45) is 11.8 Å². The third-order valence-electron chi connectivity index (χ3n) is 8.35. The van der Waals surface area contributed by atoms with Gasteiger partial charge in [-0.25, -0.2) is 0 Å². The molecule has 6 amide bonds. The molecular formula is C33H50N6O6S. The minimum atomic E-state index is -0.988. The number of thioether (sulfide) groups is 1. The van der Waals surface area contributed by atoms with E-state index in [0.717, 1.165) is 0 Å². The lowest BCUT2D eigenvalue weighted by molar-refractivity contribution is -0.143. The standard InChI is InChI=1S/C33H50N6O6S/c1-19(2)12-13-27(40)35-23-16-26-32(44)34-21(5)30(42)37-25(22-10-8-7-9-11-22)17-28(41)36-24(14-15-46-6)31(43)38-29(20(3)4)33(45)39(26)18-23/h7-11,19-21,23-26,29H,12-18H2,1-6H3,(H,34,44)(H,35,40)(H,36,41)(H,37,42)(H,38,43)/t21-,23-,24-,25-,26-,29-/m0/s1. The van der Waals surface area contributed by atoms with Gasteiger partial charge in [-0.05, 0) is 55.6 Å². The summed E-state index contributed by atoms with van der Waals surface area (Å²) in [5.41, 5.74) is 0.694. The molecule has 254 valence electrons. The number of fused-ring (bicyclic) bond motifs is 1. The van der Waals surface area contributed by atoms with Crippen LogP contribution in [0.4, 0.5) is 0 Å². The van der Waals surface area contributed by atoms with Crippen LogP contribution in [0.1, 0.15) is 78.3 Å². The molecule has 2 aliphatic heterocycles. The molecule has 3 rings (SSSR count). The smallest absolute Gasteiger partial charge is 0.246 e. The Hall–Kier alpha value is -3.61. The Balaban J connectivity index is 1.97. The average molecular weight is 659 g/mol. The van der Waals surface area contributed by atoms with E-state index in [1.54, 1.807) is 45.0 Å². The van der Waals surface area contributed by atoms with Crippen molar-refractivity contribution in [3.05, 3.63) is 35.9 Å². The van der Waals surface area contributed by atoms with Gasteiger partial charge >= 0.3 is 0 Å². The maximum absolute atomic E-state index is 14.1. The molecule has 0 radical (unpaired) electrons. The van der Waals surface area contributed by atoms with Gasteiger partial charge in [-0.2, -0.15) is 11.8 Å². The van der Waals surface area contributed by atoms with E-state index in [1.807, 2.05) is 26.2 Å². The van der Waals surface area contributed by atoms with Gasteiger partial charge in [0.2, 0.25) is 35.4 Å². The van der Waals surface area contributed by atoms with Crippen LogP contribution in [0.25, 0.3) is 0 Å². The summed E-state index contributed by atoms with van der Waals surface area (Å²) in [7, 11) is 0. The number of benzene rings is 1. The summed E-state index contributed by atoms with van der Waals surface area (Å²) in [6.07, 6.45) is 3.28. The van der Waals surface area contributed by atoms with Crippen LogP contribution in [-0.4, -0.2) is 89.1 Å². The van der Waals surface area contributed by atoms with Gasteiger partial charge in [-0.1, -0.05) is 58.0 Å². The van der Waals surface area contributed by atoms with E-state index in [0.29, 0.717) is 36.5 Å². The van der Waals surface area contributed by atoms with Crippen LogP contribution in [0.15, 0.2) is 30.3 Å². The van der Waals surface area contributed by atoms with Crippen LogP contribution in [0, 0.1) is 11.8 Å². The van der Waals surface area contributed by atoms with Gasteiger partial charge in [-0.3, -0.25) is 28.8 Å². The number of nitrogens with zero attached hydrogens (tertiary/aromatic N) is 1. The molecule has 1 aromatic carbocycles. The predicted octanol–water partition coefficient (Wildman–Crippen LogP) is 1.65. The molecule has 6 atom stereocenters. The molecule has 2 aliphatic rings. The number of nitrogens with one attached hydrogen (secondary N) is 5. The van der Waals surface area contributed by atoms with Crippen molar-refractivity contribution in [3.63, 3.8) is 0 Å². The Morgan fingerprint density at radius 2 is 1.65 bits per heavy atom. The fourth-order valence-corrected chi connectivity index (χ4v) is 6.12. The van der Waals surface area contributed by atoms with Crippen molar-refractivity contribution in [2.75, 3.05) is 18.6 Å². The second-order valence-corrected chi connectivity index (χ2v) is 14.0. The minimum Gasteiger partial charge on any atom is -0.351 e. The van der Waals surface area contributed by atoms with Gasteiger partial charge in [0.25, 0.3) is 0 Å². The summed E-state index contributed by atoms with van der Waals surface area (Å²) >= 11 is 1.52. The fraction of sp³-hybridized carbons (Fsp3) is 0.636. The topological polar surface area (TPSA) is 166 Å². The summed E-state index contributed by atoms with van der Waals surface area (Å²) in [6.45, 7) is 9.27.